The molecule has 5 heteroatoms. The van der Waals surface area contributed by atoms with Crippen molar-refractivity contribution in [3.05, 3.63) is 29.8 Å². The molecule has 2 aliphatic rings. The van der Waals surface area contributed by atoms with Crippen LogP contribution in [0.5, 0.6) is 0 Å². The maximum atomic E-state index is 12.4. The van der Waals surface area contributed by atoms with Crippen LogP contribution in [0.3, 0.4) is 0 Å². The minimum atomic E-state index is 0.136. The second-order valence-corrected chi connectivity index (χ2v) is 8.32. The molecule has 1 aromatic rings. The molecule has 0 bridgehead atoms. The summed E-state index contributed by atoms with van der Waals surface area (Å²) in [4.78, 5) is 18.2. The SMILES string of the molecule is CCN1CC[C@@H](NC(=O)N2CCC(Sc3ccc(C)cc3)CC2)C1. The summed E-state index contributed by atoms with van der Waals surface area (Å²) in [6.45, 7) is 9.24. The Morgan fingerprint density at radius 1 is 1.17 bits per heavy atom. The zero-order chi connectivity index (χ0) is 16.9. The van der Waals surface area contributed by atoms with Crippen LogP contribution in [0, 0.1) is 6.92 Å². The lowest BCUT2D eigenvalue weighted by molar-refractivity contribution is 0.183. The first-order valence-corrected chi connectivity index (χ1v) is 10.0. The highest BCUT2D eigenvalue weighted by Gasteiger charge is 2.27. The molecule has 0 radical (unpaired) electrons. The molecule has 0 saturated carbocycles. The monoisotopic (exact) mass is 347 g/mol. The summed E-state index contributed by atoms with van der Waals surface area (Å²) in [5.74, 6) is 0. The van der Waals surface area contributed by atoms with Gasteiger partial charge in [-0.15, -0.1) is 11.8 Å². The van der Waals surface area contributed by atoms with Crippen molar-refractivity contribution in [3.8, 4) is 0 Å². The van der Waals surface area contributed by atoms with Crippen LogP contribution in [0.15, 0.2) is 29.2 Å². The quantitative estimate of drug-likeness (QED) is 0.907. The third-order valence-corrected chi connectivity index (χ3v) is 6.45. The smallest absolute Gasteiger partial charge is 0.317 e. The number of urea groups is 1. The van der Waals surface area contributed by atoms with Gasteiger partial charge in [0.2, 0.25) is 0 Å². The molecule has 132 valence electrons. The minimum absolute atomic E-state index is 0.136. The van der Waals surface area contributed by atoms with Crippen LogP contribution in [0.2, 0.25) is 0 Å². The van der Waals surface area contributed by atoms with E-state index in [0.29, 0.717) is 11.3 Å². The second-order valence-electron chi connectivity index (χ2n) is 6.95. The van der Waals surface area contributed by atoms with Crippen LogP contribution in [0.25, 0.3) is 0 Å². The molecule has 3 rings (SSSR count). The van der Waals surface area contributed by atoms with E-state index in [9.17, 15) is 4.79 Å². The number of rotatable bonds is 4. The summed E-state index contributed by atoms with van der Waals surface area (Å²) in [6, 6.07) is 9.23. The predicted octanol–water partition coefficient (Wildman–Crippen LogP) is 3.36. The summed E-state index contributed by atoms with van der Waals surface area (Å²) >= 11 is 1.96. The van der Waals surface area contributed by atoms with Gasteiger partial charge in [0, 0.05) is 42.4 Å². The van der Waals surface area contributed by atoms with Crippen molar-refractivity contribution in [1.29, 1.82) is 0 Å². The summed E-state index contributed by atoms with van der Waals surface area (Å²) in [5, 5.41) is 3.85. The van der Waals surface area contributed by atoms with E-state index < -0.39 is 0 Å². The molecule has 1 N–H and O–H groups in total. The van der Waals surface area contributed by atoms with Gasteiger partial charge in [-0.3, -0.25) is 0 Å². The number of thioether (sulfide) groups is 1. The molecule has 2 saturated heterocycles. The summed E-state index contributed by atoms with van der Waals surface area (Å²) in [5.41, 5.74) is 1.30. The van der Waals surface area contributed by atoms with Crippen LogP contribution < -0.4 is 5.32 Å². The van der Waals surface area contributed by atoms with Gasteiger partial charge >= 0.3 is 6.03 Å². The molecule has 24 heavy (non-hydrogen) atoms. The number of amides is 2. The lowest BCUT2D eigenvalue weighted by Gasteiger charge is -2.32. The molecular formula is C19H29N3OS. The highest BCUT2D eigenvalue weighted by atomic mass is 32.2. The van der Waals surface area contributed by atoms with Gasteiger partial charge < -0.3 is 15.1 Å². The minimum Gasteiger partial charge on any atom is -0.334 e. The van der Waals surface area contributed by atoms with Gasteiger partial charge in [-0.2, -0.15) is 0 Å². The van der Waals surface area contributed by atoms with Gasteiger partial charge in [0.05, 0.1) is 0 Å². The summed E-state index contributed by atoms with van der Waals surface area (Å²) < 4.78 is 0. The lowest BCUT2D eigenvalue weighted by Crippen LogP contribution is -2.48. The number of aryl methyl sites for hydroxylation is 1. The Kier molecular flexibility index (Phi) is 6.06. The van der Waals surface area contributed by atoms with E-state index in [4.69, 9.17) is 0 Å². The van der Waals surface area contributed by atoms with E-state index in [-0.39, 0.29) is 6.03 Å². The number of carbonyl (C=O) groups is 1. The Bertz CT molecular complexity index is 540. The standard InChI is InChI=1S/C19H29N3OS/c1-3-21-11-8-16(14-21)20-19(23)22-12-9-18(10-13-22)24-17-6-4-15(2)5-7-17/h4-7,16,18H,3,8-14H2,1-2H3,(H,20,23)/t16-/m1/s1. The molecule has 1 atom stereocenters. The Morgan fingerprint density at radius 3 is 2.50 bits per heavy atom. The first kappa shape index (κ1) is 17.6. The van der Waals surface area contributed by atoms with Crippen molar-refractivity contribution >= 4 is 17.8 Å². The molecule has 2 amide bonds. The molecule has 4 nitrogen and oxygen atoms in total. The normalized spacial score (nSPS) is 22.8. The zero-order valence-electron chi connectivity index (χ0n) is 14.8. The Morgan fingerprint density at radius 2 is 1.88 bits per heavy atom. The largest absolute Gasteiger partial charge is 0.334 e. The maximum Gasteiger partial charge on any atom is 0.317 e. The van der Waals surface area contributed by atoms with E-state index >= 15 is 0 Å². The Hall–Kier alpha value is -1.20. The number of benzene rings is 1. The molecule has 2 fully saturated rings. The van der Waals surface area contributed by atoms with Crippen molar-refractivity contribution in [2.24, 2.45) is 0 Å². The highest BCUT2D eigenvalue weighted by Crippen LogP contribution is 2.30. The van der Waals surface area contributed by atoms with Crippen molar-refractivity contribution < 1.29 is 4.79 Å². The fourth-order valence-electron chi connectivity index (χ4n) is 3.49. The number of hydrogen-bond acceptors (Lipinski definition) is 3. The zero-order valence-corrected chi connectivity index (χ0v) is 15.6. The fraction of sp³-hybridized carbons (Fsp3) is 0.632. The van der Waals surface area contributed by atoms with Crippen molar-refractivity contribution in [2.75, 3.05) is 32.7 Å². The third-order valence-electron chi connectivity index (χ3n) is 5.10. The summed E-state index contributed by atoms with van der Waals surface area (Å²) in [7, 11) is 0. The number of piperidine rings is 1. The number of likely N-dealkylation sites (tertiary alicyclic amines) is 2. The molecular weight excluding hydrogens is 318 g/mol. The van der Waals surface area contributed by atoms with E-state index in [0.717, 1.165) is 52.0 Å². The first-order valence-electron chi connectivity index (χ1n) is 9.15. The number of nitrogens with zero attached hydrogens (tertiary/aromatic N) is 2. The van der Waals surface area contributed by atoms with Crippen molar-refractivity contribution in [2.45, 2.75) is 49.3 Å². The second kappa shape index (κ2) is 8.26. The molecule has 2 aliphatic heterocycles. The van der Waals surface area contributed by atoms with Crippen molar-refractivity contribution in [3.63, 3.8) is 0 Å². The summed E-state index contributed by atoms with van der Waals surface area (Å²) in [6.07, 6.45) is 3.24. The number of likely N-dealkylation sites (N-methyl/N-ethyl adjacent to an activating group) is 1. The van der Waals surface area contributed by atoms with Gasteiger partial charge in [0.15, 0.2) is 0 Å². The average molecular weight is 348 g/mol. The molecule has 0 aromatic heterocycles. The van der Waals surface area contributed by atoms with Crippen LogP contribution >= 0.6 is 11.8 Å². The molecule has 0 unspecified atom stereocenters. The first-order chi connectivity index (χ1) is 11.6. The third kappa shape index (κ3) is 4.67. The van der Waals surface area contributed by atoms with E-state index in [2.05, 4.69) is 48.3 Å². The lowest BCUT2D eigenvalue weighted by atomic mass is 10.1. The van der Waals surface area contributed by atoms with Crippen molar-refractivity contribution in [1.82, 2.24) is 15.1 Å². The maximum absolute atomic E-state index is 12.4. The number of hydrogen-bond donors (Lipinski definition) is 1. The number of nitrogens with one attached hydrogen (secondary N) is 1. The molecule has 1 aromatic carbocycles. The molecule has 0 aliphatic carbocycles. The van der Waals surface area contributed by atoms with Gasteiger partial charge in [0.1, 0.15) is 0 Å². The van der Waals surface area contributed by atoms with Crippen LogP contribution in [0.4, 0.5) is 4.79 Å². The fourth-order valence-corrected chi connectivity index (χ4v) is 4.61. The molecule has 0 spiro atoms. The van der Waals surface area contributed by atoms with E-state index in [1.807, 2.05) is 16.7 Å². The van der Waals surface area contributed by atoms with Crippen LogP contribution in [0.1, 0.15) is 31.7 Å². The van der Waals surface area contributed by atoms with E-state index in [1.54, 1.807) is 0 Å². The van der Waals surface area contributed by atoms with Gasteiger partial charge in [0.25, 0.3) is 0 Å². The predicted molar refractivity (Wildman–Crippen MR) is 101 cm³/mol. The number of carbonyl (C=O) groups excluding carboxylic acids is 1. The highest BCUT2D eigenvalue weighted by molar-refractivity contribution is 8.00. The molecule has 2 heterocycles. The van der Waals surface area contributed by atoms with Gasteiger partial charge in [-0.1, -0.05) is 24.6 Å². The Balaban J connectivity index is 1.41. The Labute approximate surface area is 150 Å². The average Bonchev–Trinajstić information content (AvgIpc) is 3.05. The van der Waals surface area contributed by atoms with Gasteiger partial charge in [-0.05, 0) is 44.9 Å². The van der Waals surface area contributed by atoms with Crippen LogP contribution in [-0.4, -0.2) is 59.8 Å². The van der Waals surface area contributed by atoms with Crippen LogP contribution in [-0.2, 0) is 0 Å². The van der Waals surface area contributed by atoms with E-state index in [1.165, 1.54) is 10.5 Å². The topological polar surface area (TPSA) is 35.6 Å². The van der Waals surface area contributed by atoms with Gasteiger partial charge in [-0.25, -0.2) is 4.79 Å².